The van der Waals surface area contributed by atoms with Crippen molar-refractivity contribution in [1.82, 2.24) is 19.9 Å². The summed E-state index contributed by atoms with van der Waals surface area (Å²) in [5, 5.41) is 0. The Bertz CT molecular complexity index is 855. The monoisotopic (exact) mass is 289 g/mol. The van der Waals surface area contributed by atoms with Gasteiger partial charge >= 0.3 is 0 Å². The van der Waals surface area contributed by atoms with E-state index in [1.54, 1.807) is 24.3 Å². The third-order valence-electron chi connectivity index (χ3n) is 2.79. The summed E-state index contributed by atoms with van der Waals surface area (Å²) >= 11 is 0. The first-order valence-corrected chi connectivity index (χ1v) is 7.28. The Balaban J connectivity index is 2.01. The number of hydrogen-bond acceptors (Lipinski definition) is 5. The van der Waals surface area contributed by atoms with Gasteiger partial charge in [-0.15, -0.1) is 0 Å². The number of nitrogens with one attached hydrogen (secondary N) is 2. The van der Waals surface area contributed by atoms with Crippen molar-refractivity contribution in [3.8, 4) is 0 Å². The third-order valence-corrected chi connectivity index (χ3v) is 4.14. The van der Waals surface area contributed by atoms with Crippen molar-refractivity contribution >= 4 is 27.0 Å². The standard InChI is InChI=1S/C12H11N5O2S/c1-8-2-4-9(5-3-8)20(18,19)17-12-10-11(14-6-13-10)15-7-16-12/h2-7H,1H3,(H2,13,14,15,16,17). The summed E-state index contributed by atoms with van der Waals surface area (Å²) < 4.78 is 27.0. The van der Waals surface area contributed by atoms with Gasteiger partial charge < -0.3 is 4.98 Å². The number of hydrogen-bond donors (Lipinski definition) is 2. The smallest absolute Gasteiger partial charge is 0.263 e. The molecular weight excluding hydrogens is 278 g/mol. The molecular formula is C12H11N5O2S. The first-order chi connectivity index (χ1) is 9.56. The molecule has 0 aliphatic heterocycles. The van der Waals surface area contributed by atoms with Gasteiger partial charge in [0.2, 0.25) is 0 Å². The minimum Gasteiger partial charge on any atom is -0.340 e. The van der Waals surface area contributed by atoms with E-state index in [0.717, 1.165) is 5.56 Å². The molecule has 0 saturated carbocycles. The number of rotatable bonds is 3. The van der Waals surface area contributed by atoms with Crippen LogP contribution >= 0.6 is 0 Å². The van der Waals surface area contributed by atoms with Gasteiger partial charge in [-0.3, -0.25) is 4.72 Å². The van der Waals surface area contributed by atoms with Gasteiger partial charge in [-0.05, 0) is 19.1 Å². The van der Waals surface area contributed by atoms with Crippen molar-refractivity contribution in [2.45, 2.75) is 11.8 Å². The Morgan fingerprint density at radius 2 is 1.85 bits per heavy atom. The van der Waals surface area contributed by atoms with E-state index in [1.807, 2.05) is 6.92 Å². The van der Waals surface area contributed by atoms with E-state index in [9.17, 15) is 8.42 Å². The van der Waals surface area contributed by atoms with Crippen molar-refractivity contribution in [3.63, 3.8) is 0 Å². The maximum atomic E-state index is 12.3. The van der Waals surface area contributed by atoms with Crippen LogP contribution in [-0.2, 0) is 10.0 Å². The van der Waals surface area contributed by atoms with Crippen LogP contribution in [0.1, 0.15) is 5.56 Å². The highest BCUT2D eigenvalue weighted by molar-refractivity contribution is 7.92. The third kappa shape index (κ3) is 2.21. The van der Waals surface area contributed by atoms with Gasteiger partial charge in [0.05, 0.1) is 11.2 Å². The molecule has 2 aromatic heterocycles. The molecule has 0 unspecified atom stereocenters. The second-order valence-electron chi connectivity index (χ2n) is 4.24. The molecule has 8 heteroatoms. The number of aryl methyl sites for hydroxylation is 1. The lowest BCUT2D eigenvalue weighted by Gasteiger charge is -2.07. The van der Waals surface area contributed by atoms with Gasteiger partial charge in [-0.25, -0.2) is 23.4 Å². The number of aromatic amines is 1. The van der Waals surface area contributed by atoms with Crippen LogP contribution in [0, 0.1) is 6.92 Å². The number of imidazole rings is 1. The van der Waals surface area contributed by atoms with Gasteiger partial charge in [0.1, 0.15) is 11.8 Å². The minimum absolute atomic E-state index is 0.174. The molecule has 0 amide bonds. The van der Waals surface area contributed by atoms with E-state index in [2.05, 4.69) is 24.7 Å². The van der Waals surface area contributed by atoms with Crippen LogP contribution < -0.4 is 4.72 Å². The largest absolute Gasteiger partial charge is 0.340 e. The van der Waals surface area contributed by atoms with Crippen LogP contribution in [0.4, 0.5) is 5.82 Å². The molecule has 3 aromatic rings. The van der Waals surface area contributed by atoms with E-state index in [4.69, 9.17) is 0 Å². The van der Waals surface area contributed by atoms with E-state index in [-0.39, 0.29) is 10.7 Å². The van der Waals surface area contributed by atoms with Crippen LogP contribution in [0.5, 0.6) is 0 Å². The van der Waals surface area contributed by atoms with Gasteiger partial charge in [0.15, 0.2) is 11.5 Å². The summed E-state index contributed by atoms with van der Waals surface area (Å²) in [7, 11) is -3.69. The normalized spacial score (nSPS) is 11.7. The highest BCUT2D eigenvalue weighted by Crippen LogP contribution is 2.19. The van der Waals surface area contributed by atoms with Crippen LogP contribution in [0.25, 0.3) is 11.2 Å². The lowest BCUT2D eigenvalue weighted by atomic mass is 10.2. The fourth-order valence-corrected chi connectivity index (χ4v) is 2.77. The predicted molar refractivity (Wildman–Crippen MR) is 73.7 cm³/mol. The summed E-state index contributed by atoms with van der Waals surface area (Å²) in [5.41, 5.74) is 1.84. The Morgan fingerprint density at radius 3 is 2.60 bits per heavy atom. The Labute approximate surface area is 115 Å². The second-order valence-corrected chi connectivity index (χ2v) is 5.92. The number of sulfonamides is 1. The molecule has 0 spiro atoms. The quantitative estimate of drug-likeness (QED) is 0.760. The maximum Gasteiger partial charge on any atom is 0.263 e. The summed E-state index contributed by atoms with van der Waals surface area (Å²) in [4.78, 5) is 14.8. The molecule has 0 radical (unpaired) electrons. The molecule has 2 heterocycles. The van der Waals surface area contributed by atoms with Gasteiger partial charge in [-0.2, -0.15) is 0 Å². The summed E-state index contributed by atoms with van der Waals surface area (Å²) in [6, 6.07) is 6.56. The first kappa shape index (κ1) is 12.5. The summed E-state index contributed by atoms with van der Waals surface area (Å²) in [5.74, 6) is 0.174. The molecule has 0 aliphatic rings. The SMILES string of the molecule is Cc1ccc(S(=O)(=O)Nc2ncnc3nc[nH]c23)cc1. The van der Waals surface area contributed by atoms with E-state index in [0.29, 0.717) is 11.2 Å². The van der Waals surface area contributed by atoms with Crippen LogP contribution in [0.2, 0.25) is 0 Å². The molecule has 0 saturated heterocycles. The minimum atomic E-state index is -3.69. The highest BCUT2D eigenvalue weighted by atomic mass is 32.2. The fourth-order valence-electron chi connectivity index (χ4n) is 1.75. The van der Waals surface area contributed by atoms with E-state index < -0.39 is 10.0 Å². The summed E-state index contributed by atoms with van der Waals surface area (Å²) in [6.45, 7) is 1.89. The van der Waals surface area contributed by atoms with E-state index in [1.165, 1.54) is 12.7 Å². The first-order valence-electron chi connectivity index (χ1n) is 5.80. The molecule has 0 fully saturated rings. The summed E-state index contributed by atoms with van der Waals surface area (Å²) in [6.07, 6.45) is 2.69. The lowest BCUT2D eigenvalue weighted by molar-refractivity contribution is 0.601. The van der Waals surface area contributed by atoms with Crippen molar-refractivity contribution in [2.24, 2.45) is 0 Å². The Hall–Kier alpha value is -2.48. The molecule has 0 aliphatic carbocycles. The molecule has 7 nitrogen and oxygen atoms in total. The van der Waals surface area contributed by atoms with Crippen molar-refractivity contribution in [3.05, 3.63) is 42.5 Å². The molecule has 102 valence electrons. The Morgan fingerprint density at radius 1 is 1.10 bits per heavy atom. The molecule has 1 aromatic carbocycles. The Kier molecular flexibility index (Phi) is 2.87. The average Bonchev–Trinajstić information content (AvgIpc) is 2.88. The van der Waals surface area contributed by atoms with Crippen LogP contribution in [-0.4, -0.2) is 28.4 Å². The van der Waals surface area contributed by atoms with Crippen molar-refractivity contribution < 1.29 is 8.42 Å². The van der Waals surface area contributed by atoms with E-state index >= 15 is 0 Å². The second kappa shape index (κ2) is 4.57. The molecule has 2 N–H and O–H groups in total. The highest BCUT2D eigenvalue weighted by Gasteiger charge is 2.17. The molecule has 0 atom stereocenters. The lowest BCUT2D eigenvalue weighted by Crippen LogP contribution is -2.14. The van der Waals surface area contributed by atoms with Crippen molar-refractivity contribution in [1.29, 1.82) is 0 Å². The number of nitrogens with zero attached hydrogens (tertiary/aromatic N) is 3. The van der Waals surface area contributed by atoms with Gasteiger partial charge in [0.25, 0.3) is 10.0 Å². The number of benzene rings is 1. The van der Waals surface area contributed by atoms with Crippen molar-refractivity contribution in [2.75, 3.05) is 4.72 Å². The predicted octanol–water partition coefficient (Wildman–Crippen LogP) is 1.46. The zero-order chi connectivity index (χ0) is 14.2. The number of H-pyrrole nitrogens is 1. The number of fused-ring (bicyclic) bond motifs is 1. The molecule has 20 heavy (non-hydrogen) atoms. The maximum absolute atomic E-state index is 12.3. The zero-order valence-electron chi connectivity index (χ0n) is 10.5. The molecule has 3 rings (SSSR count). The topological polar surface area (TPSA) is 101 Å². The number of anilines is 1. The van der Waals surface area contributed by atoms with Crippen LogP contribution in [0.15, 0.2) is 41.8 Å². The van der Waals surface area contributed by atoms with Gasteiger partial charge in [-0.1, -0.05) is 17.7 Å². The zero-order valence-corrected chi connectivity index (χ0v) is 11.3. The van der Waals surface area contributed by atoms with Gasteiger partial charge in [0, 0.05) is 0 Å². The van der Waals surface area contributed by atoms with Crippen LogP contribution in [0.3, 0.4) is 0 Å². The molecule has 0 bridgehead atoms. The number of aromatic nitrogens is 4. The average molecular weight is 289 g/mol. The fraction of sp³-hybridized carbons (Fsp3) is 0.0833.